The third-order valence-corrected chi connectivity index (χ3v) is 7.11. The van der Waals surface area contributed by atoms with Crippen molar-refractivity contribution in [1.82, 2.24) is 4.90 Å². The highest BCUT2D eigenvalue weighted by Crippen LogP contribution is 2.34. The summed E-state index contributed by atoms with van der Waals surface area (Å²) in [5.74, 6) is 0.788. The first-order valence-electron chi connectivity index (χ1n) is 12.4. The number of methoxy groups -OCH3 is 1. The number of anilines is 1. The molecule has 0 atom stereocenters. The number of hydrogen-bond acceptors (Lipinski definition) is 7. The first kappa shape index (κ1) is 27.8. The van der Waals surface area contributed by atoms with E-state index >= 15 is 0 Å². The van der Waals surface area contributed by atoms with E-state index in [-0.39, 0.29) is 36.8 Å². The predicted molar refractivity (Wildman–Crippen MR) is 152 cm³/mol. The number of aryl methyl sites for hydroxylation is 2. The number of amides is 3. The van der Waals surface area contributed by atoms with Gasteiger partial charge in [-0.05, 0) is 85.6 Å². The summed E-state index contributed by atoms with van der Waals surface area (Å²) in [5.41, 5.74) is 4.59. The molecule has 3 aromatic carbocycles. The third kappa shape index (κ3) is 7.00. The standard InChI is InChI=1S/C30H30N2O6S/c1-19-8-11-23(12-9-19)37-15-14-32-29(34)27(39-30(32)35)17-22-10-13-25(26(16-22)36-4)38-18-28(33)31-24-7-5-6-20(2)21(24)3/h5-13,16-17H,14-15,18H2,1-4H3,(H,31,33)/b27-17-. The van der Waals surface area contributed by atoms with Gasteiger partial charge in [0.05, 0.1) is 18.6 Å². The highest BCUT2D eigenvalue weighted by Gasteiger charge is 2.34. The van der Waals surface area contributed by atoms with E-state index in [1.165, 1.54) is 12.0 Å². The van der Waals surface area contributed by atoms with E-state index in [9.17, 15) is 14.4 Å². The molecule has 0 bridgehead atoms. The minimum Gasteiger partial charge on any atom is -0.493 e. The summed E-state index contributed by atoms with van der Waals surface area (Å²) in [7, 11) is 1.49. The summed E-state index contributed by atoms with van der Waals surface area (Å²) < 4.78 is 16.8. The molecule has 1 aliphatic heterocycles. The van der Waals surface area contributed by atoms with Crippen LogP contribution in [-0.4, -0.2) is 48.8 Å². The minimum absolute atomic E-state index is 0.149. The van der Waals surface area contributed by atoms with Crippen LogP contribution in [0, 0.1) is 20.8 Å². The van der Waals surface area contributed by atoms with Crippen LogP contribution in [-0.2, 0) is 9.59 Å². The zero-order valence-electron chi connectivity index (χ0n) is 22.3. The fraction of sp³-hybridized carbons (Fsp3) is 0.233. The van der Waals surface area contributed by atoms with Crippen LogP contribution < -0.4 is 19.5 Å². The van der Waals surface area contributed by atoms with E-state index in [0.717, 1.165) is 34.1 Å². The molecule has 0 saturated carbocycles. The number of hydrogen-bond donors (Lipinski definition) is 1. The molecule has 0 radical (unpaired) electrons. The Kier molecular flexibility index (Phi) is 8.93. The monoisotopic (exact) mass is 546 g/mol. The van der Waals surface area contributed by atoms with Gasteiger partial charge in [-0.25, -0.2) is 0 Å². The van der Waals surface area contributed by atoms with Crippen LogP contribution in [0.5, 0.6) is 17.2 Å². The summed E-state index contributed by atoms with van der Waals surface area (Å²) in [6, 6.07) is 18.4. The van der Waals surface area contributed by atoms with Crippen molar-refractivity contribution in [2.75, 3.05) is 32.2 Å². The van der Waals surface area contributed by atoms with Crippen LogP contribution in [0.4, 0.5) is 10.5 Å². The van der Waals surface area contributed by atoms with E-state index in [1.807, 2.05) is 63.2 Å². The maximum atomic E-state index is 12.9. The predicted octanol–water partition coefficient (Wildman–Crippen LogP) is 5.75. The Morgan fingerprint density at radius 3 is 2.49 bits per heavy atom. The second-order valence-corrected chi connectivity index (χ2v) is 9.98. The van der Waals surface area contributed by atoms with Gasteiger partial charge in [0.25, 0.3) is 17.1 Å². The number of rotatable bonds is 10. The highest BCUT2D eigenvalue weighted by atomic mass is 32.2. The van der Waals surface area contributed by atoms with E-state index in [0.29, 0.717) is 27.7 Å². The van der Waals surface area contributed by atoms with Crippen LogP contribution in [0.2, 0.25) is 0 Å². The molecular formula is C30H30N2O6S. The number of imide groups is 1. The smallest absolute Gasteiger partial charge is 0.293 e. The molecule has 1 aliphatic rings. The molecule has 0 spiro atoms. The van der Waals surface area contributed by atoms with E-state index < -0.39 is 0 Å². The molecule has 39 heavy (non-hydrogen) atoms. The Hall–Kier alpha value is -4.24. The topological polar surface area (TPSA) is 94.2 Å². The van der Waals surface area contributed by atoms with Crippen LogP contribution in [0.3, 0.4) is 0 Å². The van der Waals surface area contributed by atoms with Gasteiger partial charge in [-0.2, -0.15) is 0 Å². The molecule has 8 nitrogen and oxygen atoms in total. The first-order chi connectivity index (χ1) is 18.7. The van der Waals surface area contributed by atoms with E-state index in [2.05, 4.69) is 5.32 Å². The SMILES string of the molecule is COc1cc(/C=C2\SC(=O)N(CCOc3ccc(C)cc3)C2=O)ccc1OCC(=O)Nc1cccc(C)c1C. The Morgan fingerprint density at radius 2 is 1.74 bits per heavy atom. The fourth-order valence-electron chi connectivity index (χ4n) is 3.84. The number of nitrogens with one attached hydrogen (secondary N) is 1. The van der Waals surface area contributed by atoms with Crippen molar-refractivity contribution < 1.29 is 28.6 Å². The second kappa shape index (κ2) is 12.5. The molecule has 3 amide bonds. The third-order valence-electron chi connectivity index (χ3n) is 6.20. The van der Waals surface area contributed by atoms with Gasteiger partial charge in [-0.1, -0.05) is 35.9 Å². The molecule has 0 aliphatic carbocycles. The zero-order chi connectivity index (χ0) is 27.9. The number of carbonyl (C=O) groups is 3. The highest BCUT2D eigenvalue weighted by molar-refractivity contribution is 8.18. The first-order valence-corrected chi connectivity index (χ1v) is 13.2. The maximum absolute atomic E-state index is 12.9. The number of nitrogens with zero attached hydrogens (tertiary/aromatic N) is 1. The quantitative estimate of drug-likeness (QED) is 0.324. The van der Waals surface area contributed by atoms with Gasteiger partial charge >= 0.3 is 0 Å². The number of benzene rings is 3. The average molecular weight is 547 g/mol. The van der Waals surface area contributed by atoms with Gasteiger partial charge in [0.1, 0.15) is 12.4 Å². The lowest BCUT2D eigenvalue weighted by molar-refractivity contribution is -0.123. The molecular weight excluding hydrogens is 516 g/mol. The van der Waals surface area contributed by atoms with E-state index in [4.69, 9.17) is 14.2 Å². The van der Waals surface area contributed by atoms with Crippen LogP contribution in [0.15, 0.2) is 65.6 Å². The minimum atomic E-state index is -0.375. The molecule has 202 valence electrons. The maximum Gasteiger partial charge on any atom is 0.293 e. The van der Waals surface area contributed by atoms with Gasteiger partial charge < -0.3 is 19.5 Å². The molecule has 9 heteroatoms. The van der Waals surface area contributed by atoms with Gasteiger partial charge in [0.15, 0.2) is 18.1 Å². The largest absolute Gasteiger partial charge is 0.493 e. The number of ether oxygens (including phenoxy) is 3. The van der Waals surface area contributed by atoms with Crippen molar-refractivity contribution >= 4 is 40.6 Å². The van der Waals surface area contributed by atoms with Crippen molar-refractivity contribution in [3.05, 3.63) is 87.8 Å². The van der Waals surface area contributed by atoms with Crippen LogP contribution in [0.25, 0.3) is 6.08 Å². The van der Waals surface area contributed by atoms with Crippen LogP contribution >= 0.6 is 11.8 Å². The molecule has 1 saturated heterocycles. The van der Waals surface area contributed by atoms with Crippen molar-refractivity contribution in [1.29, 1.82) is 0 Å². The molecule has 3 aromatic rings. The van der Waals surface area contributed by atoms with E-state index in [1.54, 1.807) is 24.3 Å². The molecule has 1 fully saturated rings. The van der Waals surface area contributed by atoms with Gasteiger partial charge in [0, 0.05) is 5.69 Å². The lowest BCUT2D eigenvalue weighted by atomic mass is 10.1. The lowest BCUT2D eigenvalue weighted by Crippen LogP contribution is -2.32. The number of carbonyl (C=O) groups excluding carboxylic acids is 3. The van der Waals surface area contributed by atoms with Crippen LogP contribution in [0.1, 0.15) is 22.3 Å². The van der Waals surface area contributed by atoms with Crippen molar-refractivity contribution in [3.8, 4) is 17.2 Å². The Labute approximate surface area is 231 Å². The second-order valence-electron chi connectivity index (χ2n) is 8.99. The Balaban J connectivity index is 1.35. The molecule has 0 aromatic heterocycles. The summed E-state index contributed by atoms with van der Waals surface area (Å²) in [6.45, 7) is 6.06. The average Bonchev–Trinajstić information content (AvgIpc) is 3.18. The molecule has 0 unspecified atom stereocenters. The molecule has 1 N–H and O–H groups in total. The summed E-state index contributed by atoms with van der Waals surface area (Å²) in [4.78, 5) is 39.2. The fourth-order valence-corrected chi connectivity index (χ4v) is 4.71. The molecule has 1 heterocycles. The normalized spacial score (nSPS) is 14.1. The summed E-state index contributed by atoms with van der Waals surface area (Å²) in [6.07, 6.45) is 1.63. The van der Waals surface area contributed by atoms with Crippen molar-refractivity contribution in [2.45, 2.75) is 20.8 Å². The summed E-state index contributed by atoms with van der Waals surface area (Å²) in [5, 5.41) is 2.51. The summed E-state index contributed by atoms with van der Waals surface area (Å²) >= 11 is 0.878. The van der Waals surface area contributed by atoms with Crippen molar-refractivity contribution in [3.63, 3.8) is 0 Å². The van der Waals surface area contributed by atoms with Gasteiger partial charge in [0.2, 0.25) is 0 Å². The van der Waals surface area contributed by atoms with Crippen molar-refractivity contribution in [2.24, 2.45) is 0 Å². The molecule has 4 rings (SSSR count). The lowest BCUT2D eigenvalue weighted by Gasteiger charge is -2.13. The van der Waals surface area contributed by atoms with Gasteiger partial charge in [-0.3, -0.25) is 19.3 Å². The number of thioether (sulfide) groups is 1. The van der Waals surface area contributed by atoms with Gasteiger partial charge in [-0.15, -0.1) is 0 Å². The zero-order valence-corrected chi connectivity index (χ0v) is 23.1. The Bertz CT molecular complexity index is 1420. The Morgan fingerprint density at radius 1 is 0.974 bits per heavy atom.